The van der Waals surface area contributed by atoms with Crippen molar-refractivity contribution in [1.29, 1.82) is 0 Å². The lowest BCUT2D eigenvalue weighted by molar-refractivity contribution is 0.176. The van der Waals surface area contributed by atoms with Crippen molar-refractivity contribution in [3.8, 4) is 0 Å². The fraction of sp³-hybridized carbons (Fsp3) is 1.00. The maximum Gasteiger partial charge on any atom is 0.0597 e. The van der Waals surface area contributed by atoms with E-state index in [1.165, 1.54) is 0 Å². The zero-order valence-electron chi connectivity index (χ0n) is 10.1. The van der Waals surface area contributed by atoms with E-state index >= 15 is 0 Å². The van der Waals surface area contributed by atoms with Gasteiger partial charge in [0.15, 0.2) is 0 Å². The fourth-order valence-electron chi connectivity index (χ4n) is 1.64. The van der Waals surface area contributed by atoms with E-state index in [1.807, 2.05) is 0 Å². The van der Waals surface area contributed by atoms with Gasteiger partial charge in [0.1, 0.15) is 0 Å². The lowest BCUT2D eigenvalue weighted by atomic mass is 10.2. The number of nitrogens with one attached hydrogen (secondary N) is 1. The maximum atomic E-state index is 9.15. The summed E-state index contributed by atoms with van der Waals surface area (Å²) in [6.07, 6.45) is 0. The minimum absolute atomic E-state index is 0.221. The largest absolute Gasteiger partial charge is 0.395 e. The number of likely N-dealkylation sites (N-methyl/N-ethyl adjacent to an activating group) is 2. The highest BCUT2D eigenvalue weighted by Gasteiger charge is 2.11. The molecule has 0 saturated carbocycles. The molecule has 14 heavy (non-hydrogen) atoms. The van der Waals surface area contributed by atoms with Gasteiger partial charge >= 0.3 is 0 Å². The molecule has 0 saturated heterocycles. The molecule has 0 heterocycles. The Labute approximate surface area is 88.5 Å². The normalized spacial score (nSPS) is 13.9. The van der Waals surface area contributed by atoms with Crippen LogP contribution < -0.4 is 5.32 Å². The van der Waals surface area contributed by atoms with Gasteiger partial charge in [-0.05, 0) is 19.0 Å². The zero-order valence-corrected chi connectivity index (χ0v) is 10.1. The summed E-state index contributed by atoms with van der Waals surface area (Å²) in [7, 11) is 0. The van der Waals surface area contributed by atoms with Crippen LogP contribution >= 0.6 is 0 Å². The van der Waals surface area contributed by atoms with E-state index in [1.54, 1.807) is 0 Å². The molecule has 86 valence electrons. The molecule has 1 atom stereocenters. The summed E-state index contributed by atoms with van der Waals surface area (Å²) in [5.74, 6) is 0.691. The van der Waals surface area contributed by atoms with Gasteiger partial charge in [0.25, 0.3) is 0 Å². The van der Waals surface area contributed by atoms with E-state index in [9.17, 15) is 0 Å². The molecule has 0 aliphatic heterocycles. The summed E-state index contributed by atoms with van der Waals surface area (Å²) in [5, 5.41) is 12.4. The molecule has 0 fully saturated rings. The second-order valence-electron chi connectivity index (χ2n) is 4.18. The average molecular weight is 202 g/mol. The molecule has 0 rings (SSSR count). The first-order valence-corrected chi connectivity index (χ1v) is 5.70. The zero-order chi connectivity index (χ0) is 11.0. The van der Waals surface area contributed by atoms with Crippen LogP contribution in [-0.4, -0.2) is 48.8 Å². The molecule has 0 aliphatic rings. The van der Waals surface area contributed by atoms with Crippen LogP contribution in [0.15, 0.2) is 0 Å². The summed E-state index contributed by atoms with van der Waals surface area (Å²) in [4.78, 5) is 2.38. The number of hydrogen-bond acceptors (Lipinski definition) is 3. The molecule has 0 radical (unpaired) electrons. The van der Waals surface area contributed by atoms with Crippen molar-refractivity contribution < 1.29 is 5.11 Å². The van der Waals surface area contributed by atoms with E-state index in [-0.39, 0.29) is 12.6 Å². The summed E-state index contributed by atoms with van der Waals surface area (Å²) < 4.78 is 0. The summed E-state index contributed by atoms with van der Waals surface area (Å²) >= 11 is 0. The summed E-state index contributed by atoms with van der Waals surface area (Å²) in [6, 6.07) is 0.221. The number of aliphatic hydroxyl groups is 1. The van der Waals surface area contributed by atoms with Crippen molar-refractivity contribution >= 4 is 0 Å². The third-order valence-corrected chi connectivity index (χ3v) is 2.26. The van der Waals surface area contributed by atoms with E-state index in [0.717, 1.165) is 26.2 Å². The molecule has 0 spiro atoms. The van der Waals surface area contributed by atoms with E-state index in [4.69, 9.17) is 5.11 Å². The molecule has 0 aliphatic carbocycles. The first kappa shape index (κ1) is 13.9. The highest BCUT2D eigenvalue weighted by Crippen LogP contribution is 1.99. The van der Waals surface area contributed by atoms with Crippen LogP contribution in [0.3, 0.4) is 0 Å². The van der Waals surface area contributed by atoms with Crippen LogP contribution in [0.4, 0.5) is 0 Å². The van der Waals surface area contributed by atoms with Crippen molar-refractivity contribution in [3.63, 3.8) is 0 Å². The predicted octanol–water partition coefficient (Wildman–Crippen LogP) is 0.935. The van der Waals surface area contributed by atoms with Gasteiger partial charge in [-0.3, -0.25) is 0 Å². The fourth-order valence-corrected chi connectivity index (χ4v) is 1.64. The first-order chi connectivity index (χ1) is 6.63. The minimum atomic E-state index is 0.221. The molecule has 3 heteroatoms. The highest BCUT2D eigenvalue weighted by atomic mass is 16.3. The Hall–Kier alpha value is -0.120. The molecular formula is C11H26N2O. The smallest absolute Gasteiger partial charge is 0.0597 e. The van der Waals surface area contributed by atoms with Crippen LogP contribution in [0.5, 0.6) is 0 Å². The predicted molar refractivity (Wildman–Crippen MR) is 61.5 cm³/mol. The second-order valence-corrected chi connectivity index (χ2v) is 4.18. The van der Waals surface area contributed by atoms with E-state index < -0.39 is 0 Å². The molecule has 0 amide bonds. The van der Waals surface area contributed by atoms with Gasteiger partial charge in [-0.25, -0.2) is 0 Å². The van der Waals surface area contributed by atoms with Crippen LogP contribution in [-0.2, 0) is 0 Å². The van der Waals surface area contributed by atoms with Gasteiger partial charge in [-0.15, -0.1) is 0 Å². The number of nitrogens with zero attached hydrogens (tertiary/aromatic N) is 1. The Balaban J connectivity index is 3.87. The lowest BCUT2D eigenvalue weighted by Crippen LogP contribution is -2.44. The van der Waals surface area contributed by atoms with Crippen molar-refractivity contribution in [2.75, 3.05) is 32.8 Å². The monoisotopic (exact) mass is 202 g/mol. The Morgan fingerprint density at radius 2 is 1.86 bits per heavy atom. The van der Waals surface area contributed by atoms with Gasteiger partial charge in [0, 0.05) is 19.1 Å². The number of hydrogen-bond donors (Lipinski definition) is 2. The van der Waals surface area contributed by atoms with Crippen LogP contribution in [0.1, 0.15) is 27.7 Å². The van der Waals surface area contributed by atoms with Gasteiger partial charge in [0.05, 0.1) is 6.61 Å². The van der Waals surface area contributed by atoms with Gasteiger partial charge in [-0.2, -0.15) is 0 Å². The van der Waals surface area contributed by atoms with Crippen molar-refractivity contribution in [1.82, 2.24) is 10.2 Å². The van der Waals surface area contributed by atoms with Gasteiger partial charge in [0.2, 0.25) is 0 Å². The molecule has 0 aromatic rings. The number of rotatable bonds is 8. The molecule has 0 aromatic carbocycles. The van der Waals surface area contributed by atoms with Crippen molar-refractivity contribution in [2.45, 2.75) is 33.7 Å². The maximum absolute atomic E-state index is 9.15. The third kappa shape index (κ3) is 6.35. The van der Waals surface area contributed by atoms with E-state index in [2.05, 4.69) is 37.9 Å². The molecule has 1 unspecified atom stereocenters. The molecule has 2 N–H and O–H groups in total. The van der Waals surface area contributed by atoms with Crippen LogP contribution in [0, 0.1) is 5.92 Å². The Kier molecular flexibility index (Phi) is 8.14. The Bertz CT molecular complexity index is 128. The Morgan fingerprint density at radius 3 is 2.21 bits per heavy atom. The van der Waals surface area contributed by atoms with Gasteiger partial charge < -0.3 is 15.3 Å². The van der Waals surface area contributed by atoms with Crippen molar-refractivity contribution in [2.24, 2.45) is 5.92 Å². The van der Waals surface area contributed by atoms with E-state index in [0.29, 0.717) is 5.92 Å². The lowest BCUT2D eigenvalue weighted by Gasteiger charge is -2.27. The summed E-state index contributed by atoms with van der Waals surface area (Å²) in [6.45, 7) is 12.9. The molecular weight excluding hydrogens is 176 g/mol. The SMILES string of the molecule is CCNC(CO)CN(CC)CC(C)C. The molecule has 0 bridgehead atoms. The standard InChI is InChI=1S/C11H26N2O/c1-5-12-11(9-14)8-13(6-2)7-10(3)4/h10-12,14H,5-9H2,1-4H3. The number of aliphatic hydroxyl groups excluding tert-OH is 1. The topological polar surface area (TPSA) is 35.5 Å². The van der Waals surface area contributed by atoms with Crippen LogP contribution in [0.2, 0.25) is 0 Å². The minimum Gasteiger partial charge on any atom is -0.395 e. The molecule has 3 nitrogen and oxygen atoms in total. The Morgan fingerprint density at radius 1 is 1.21 bits per heavy atom. The van der Waals surface area contributed by atoms with Gasteiger partial charge in [-0.1, -0.05) is 27.7 Å². The summed E-state index contributed by atoms with van der Waals surface area (Å²) in [5.41, 5.74) is 0. The average Bonchev–Trinajstić information content (AvgIpc) is 2.15. The van der Waals surface area contributed by atoms with Crippen molar-refractivity contribution in [3.05, 3.63) is 0 Å². The molecule has 0 aromatic heterocycles. The third-order valence-electron chi connectivity index (χ3n) is 2.26. The first-order valence-electron chi connectivity index (χ1n) is 5.70. The quantitative estimate of drug-likeness (QED) is 0.615. The second kappa shape index (κ2) is 8.21. The highest BCUT2D eigenvalue weighted by molar-refractivity contribution is 4.70. The van der Waals surface area contributed by atoms with Crippen LogP contribution in [0.25, 0.3) is 0 Å².